The molecule has 1 aliphatic carbocycles. The van der Waals surface area contributed by atoms with Crippen LogP contribution in [0.2, 0.25) is 0 Å². The van der Waals surface area contributed by atoms with Crippen molar-refractivity contribution in [3.63, 3.8) is 0 Å². The number of piperidine rings is 1. The summed E-state index contributed by atoms with van der Waals surface area (Å²) in [4.78, 5) is 2.49. The highest BCUT2D eigenvalue weighted by Crippen LogP contribution is 2.28. The van der Waals surface area contributed by atoms with E-state index in [2.05, 4.69) is 4.90 Å². The van der Waals surface area contributed by atoms with Gasteiger partial charge in [0.05, 0.1) is 5.75 Å². The molecule has 1 heterocycles. The molecule has 16 heavy (non-hydrogen) atoms. The largest absolute Gasteiger partial charge is 0.303 e. The highest BCUT2D eigenvalue weighted by molar-refractivity contribution is 7.89. The van der Waals surface area contributed by atoms with E-state index in [1.807, 2.05) is 0 Å². The topological polar surface area (TPSA) is 63.4 Å². The molecule has 1 aliphatic heterocycles. The second-order valence-electron chi connectivity index (χ2n) is 5.37. The molecule has 0 spiro atoms. The molecule has 2 N–H and O–H groups in total. The summed E-state index contributed by atoms with van der Waals surface area (Å²) in [6.07, 6.45) is 6.15. The molecule has 0 bridgehead atoms. The van der Waals surface area contributed by atoms with Gasteiger partial charge in [-0.25, -0.2) is 13.6 Å². The summed E-state index contributed by atoms with van der Waals surface area (Å²) in [5.74, 6) is 1.37. The molecule has 5 heteroatoms. The Hall–Kier alpha value is -0.130. The predicted octanol–water partition coefficient (Wildman–Crippen LogP) is 0.787. The third-order valence-electron chi connectivity index (χ3n) is 3.92. The van der Waals surface area contributed by atoms with E-state index in [1.165, 1.54) is 25.8 Å². The van der Waals surface area contributed by atoms with Crippen molar-refractivity contribution in [1.29, 1.82) is 0 Å². The van der Waals surface area contributed by atoms with Crippen molar-refractivity contribution in [2.24, 2.45) is 17.0 Å². The Kier molecular flexibility index (Phi) is 3.87. The van der Waals surface area contributed by atoms with E-state index in [1.54, 1.807) is 0 Å². The molecular formula is C11H22N2O2S. The molecular weight excluding hydrogens is 224 g/mol. The summed E-state index contributed by atoms with van der Waals surface area (Å²) in [6, 6.07) is 0. The van der Waals surface area contributed by atoms with Gasteiger partial charge in [-0.05, 0) is 50.6 Å². The number of rotatable bonds is 4. The van der Waals surface area contributed by atoms with Crippen molar-refractivity contribution in [1.82, 2.24) is 4.90 Å². The first kappa shape index (κ1) is 12.3. The zero-order valence-electron chi connectivity index (χ0n) is 9.77. The van der Waals surface area contributed by atoms with Crippen molar-refractivity contribution in [2.45, 2.75) is 32.1 Å². The molecule has 0 radical (unpaired) electrons. The number of sulfonamides is 1. The molecule has 1 saturated heterocycles. The van der Waals surface area contributed by atoms with Crippen LogP contribution in [0.3, 0.4) is 0 Å². The molecule has 0 atom stereocenters. The second kappa shape index (κ2) is 5.02. The van der Waals surface area contributed by atoms with Gasteiger partial charge in [-0.1, -0.05) is 6.42 Å². The maximum atomic E-state index is 11.0. The Morgan fingerprint density at radius 2 is 1.69 bits per heavy atom. The zero-order valence-corrected chi connectivity index (χ0v) is 10.6. The Bertz CT molecular complexity index is 317. The third kappa shape index (κ3) is 3.71. The SMILES string of the molecule is NS(=O)(=O)CC1CCN(CC2CCC2)CC1. The molecule has 0 amide bonds. The van der Waals surface area contributed by atoms with Crippen LogP contribution < -0.4 is 5.14 Å². The molecule has 2 aliphatic rings. The fourth-order valence-electron chi connectivity index (χ4n) is 2.70. The van der Waals surface area contributed by atoms with Gasteiger partial charge in [0.25, 0.3) is 0 Å². The van der Waals surface area contributed by atoms with Crippen molar-refractivity contribution in [2.75, 3.05) is 25.4 Å². The van der Waals surface area contributed by atoms with E-state index in [-0.39, 0.29) is 11.7 Å². The Morgan fingerprint density at radius 3 is 2.12 bits per heavy atom. The first-order valence-electron chi connectivity index (χ1n) is 6.26. The summed E-state index contributed by atoms with van der Waals surface area (Å²) >= 11 is 0. The van der Waals surface area contributed by atoms with Gasteiger partial charge in [0.15, 0.2) is 0 Å². The highest BCUT2D eigenvalue weighted by atomic mass is 32.2. The van der Waals surface area contributed by atoms with Crippen LogP contribution in [-0.2, 0) is 10.0 Å². The van der Waals surface area contributed by atoms with Gasteiger partial charge in [0, 0.05) is 6.54 Å². The fourth-order valence-corrected chi connectivity index (χ4v) is 3.70. The number of primary sulfonamides is 1. The van der Waals surface area contributed by atoms with Crippen LogP contribution in [0.25, 0.3) is 0 Å². The lowest BCUT2D eigenvalue weighted by Gasteiger charge is -2.36. The van der Waals surface area contributed by atoms with Crippen molar-refractivity contribution < 1.29 is 8.42 Å². The lowest BCUT2D eigenvalue weighted by Crippen LogP contribution is -2.40. The predicted molar refractivity (Wildman–Crippen MR) is 64.5 cm³/mol. The molecule has 2 fully saturated rings. The quantitative estimate of drug-likeness (QED) is 0.797. The fraction of sp³-hybridized carbons (Fsp3) is 1.00. The van der Waals surface area contributed by atoms with Crippen LogP contribution in [0.1, 0.15) is 32.1 Å². The van der Waals surface area contributed by atoms with Gasteiger partial charge < -0.3 is 4.90 Å². The number of nitrogens with two attached hydrogens (primary N) is 1. The number of likely N-dealkylation sites (tertiary alicyclic amines) is 1. The maximum Gasteiger partial charge on any atom is 0.209 e. The minimum Gasteiger partial charge on any atom is -0.303 e. The van der Waals surface area contributed by atoms with Crippen LogP contribution in [0.15, 0.2) is 0 Å². The molecule has 1 saturated carbocycles. The number of hydrogen-bond donors (Lipinski definition) is 1. The van der Waals surface area contributed by atoms with Crippen molar-refractivity contribution in [3.8, 4) is 0 Å². The average molecular weight is 246 g/mol. The molecule has 4 nitrogen and oxygen atoms in total. The van der Waals surface area contributed by atoms with Crippen LogP contribution in [-0.4, -0.2) is 38.7 Å². The van der Waals surface area contributed by atoms with Gasteiger partial charge in [-0.15, -0.1) is 0 Å². The molecule has 0 unspecified atom stereocenters. The lowest BCUT2D eigenvalue weighted by molar-refractivity contribution is 0.136. The summed E-state index contributed by atoms with van der Waals surface area (Å²) in [5.41, 5.74) is 0. The zero-order chi connectivity index (χ0) is 11.6. The van der Waals surface area contributed by atoms with Gasteiger partial charge in [-0.3, -0.25) is 0 Å². The van der Waals surface area contributed by atoms with Crippen LogP contribution in [0, 0.1) is 11.8 Å². The second-order valence-corrected chi connectivity index (χ2v) is 7.03. The monoisotopic (exact) mass is 246 g/mol. The highest BCUT2D eigenvalue weighted by Gasteiger charge is 2.26. The molecule has 2 rings (SSSR count). The molecule has 0 aromatic rings. The maximum absolute atomic E-state index is 11.0. The smallest absolute Gasteiger partial charge is 0.209 e. The van der Waals surface area contributed by atoms with Crippen LogP contribution in [0.5, 0.6) is 0 Å². The number of nitrogens with zero attached hydrogens (tertiary/aromatic N) is 1. The normalized spacial score (nSPS) is 25.6. The van der Waals surface area contributed by atoms with E-state index in [0.29, 0.717) is 0 Å². The van der Waals surface area contributed by atoms with E-state index < -0.39 is 10.0 Å². The third-order valence-corrected chi connectivity index (χ3v) is 4.85. The van der Waals surface area contributed by atoms with E-state index >= 15 is 0 Å². The number of hydrogen-bond acceptors (Lipinski definition) is 3. The molecule has 0 aromatic carbocycles. The minimum atomic E-state index is -3.28. The first-order chi connectivity index (χ1) is 7.53. The van der Waals surface area contributed by atoms with E-state index in [0.717, 1.165) is 31.8 Å². The lowest BCUT2D eigenvalue weighted by atomic mass is 9.84. The molecule has 94 valence electrons. The molecule has 0 aromatic heterocycles. The Labute approximate surface area is 98.2 Å². The van der Waals surface area contributed by atoms with Crippen LogP contribution >= 0.6 is 0 Å². The average Bonchev–Trinajstić information content (AvgIpc) is 2.11. The summed E-state index contributed by atoms with van der Waals surface area (Å²) in [6.45, 7) is 3.33. The first-order valence-corrected chi connectivity index (χ1v) is 7.97. The van der Waals surface area contributed by atoms with Crippen LogP contribution in [0.4, 0.5) is 0 Å². The van der Waals surface area contributed by atoms with Gasteiger partial charge in [0.2, 0.25) is 10.0 Å². The Balaban J connectivity index is 1.69. The van der Waals surface area contributed by atoms with Gasteiger partial charge in [0.1, 0.15) is 0 Å². The minimum absolute atomic E-state index is 0.171. The van der Waals surface area contributed by atoms with E-state index in [9.17, 15) is 8.42 Å². The standard InChI is InChI=1S/C11H22N2O2S/c12-16(14,15)9-11-4-6-13(7-5-11)8-10-2-1-3-10/h10-11H,1-9H2,(H2,12,14,15). The van der Waals surface area contributed by atoms with Gasteiger partial charge >= 0.3 is 0 Å². The summed E-state index contributed by atoms with van der Waals surface area (Å²) in [7, 11) is -3.28. The van der Waals surface area contributed by atoms with Crippen molar-refractivity contribution in [3.05, 3.63) is 0 Å². The van der Waals surface area contributed by atoms with Crippen molar-refractivity contribution >= 4 is 10.0 Å². The summed E-state index contributed by atoms with van der Waals surface area (Å²) in [5, 5.41) is 5.07. The van der Waals surface area contributed by atoms with Gasteiger partial charge in [-0.2, -0.15) is 0 Å². The Morgan fingerprint density at radius 1 is 1.06 bits per heavy atom. The van der Waals surface area contributed by atoms with E-state index in [4.69, 9.17) is 5.14 Å². The summed E-state index contributed by atoms with van der Waals surface area (Å²) < 4.78 is 22.0.